The highest BCUT2D eigenvalue weighted by Crippen LogP contribution is 2.29. The summed E-state index contributed by atoms with van der Waals surface area (Å²) in [5, 5.41) is 21.0. The van der Waals surface area contributed by atoms with Crippen LogP contribution in [0.4, 0.5) is 11.4 Å². The lowest BCUT2D eigenvalue weighted by Gasteiger charge is -2.09. The van der Waals surface area contributed by atoms with Gasteiger partial charge in [0, 0.05) is 6.07 Å². The third-order valence-corrected chi connectivity index (χ3v) is 3.71. The molecule has 0 atom stereocenters. The van der Waals surface area contributed by atoms with E-state index in [2.05, 4.69) is 20.5 Å². The fourth-order valence-corrected chi connectivity index (χ4v) is 2.26. The minimum absolute atomic E-state index is 0.0339. The number of hydrogen-bond donors (Lipinski definition) is 2. The van der Waals surface area contributed by atoms with Gasteiger partial charge in [-0.3, -0.25) is 24.7 Å². The van der Waals surface area contributed by atoms with Gasteiger partial charge in [-0.15, -0.1) is 10.2 Å². The van der Waals surface area contributed by atoms with Crippen LogP contribution in [0, 0.1) is 17.0 Å². The zero-order valence-corrected chi connectivity index (χ0v) is 13.5. The van der Waals surface area contributed by atoms with E-state index in [0.29, 0.717) is 5.69 Å². The van der Waals surface area contributed by atoms with Crippen molar-refractivity contribution in [3.05, 3.63) is 44.4 Å². The fraction of sp³-hybridized carbons (Fsp3) is 0.231. The van der Waals surface area contributed by atoms with E-state index < -0.39 is 10.8 Å². The van der Waals surface area contributed by atoms with E-state index >= 15 is 0 Å². The van der Waals surface area contributed by atoms with Crippen LogP contribution in [0.1, 0.15) is 5.69 Å². The van der Waals surface area contributed by atoms with Crippen molar-refractivity contribution in [2.75, 3.05) is 18.2 Å². The van der Waals surface area contributed by atoms with Crippen LogP contribution in [0.5, 0.6) is 5.75 Å². The molecule has 2 aromatic rings. The molecule has 0 bridgehead atoms. The molecule has 10 nitrogen and oxygen atoms in total. The number of H-pyrrole nitrogens is 1. The molecule has 1 amide bonds. The van der Waals surface area contributed by atoms with Crippen LogP contribution in [0.3, 0.4) is 0 Å². The maximum atomic E-state index is 12.0. The van der Waals surface area contributed by atoms with Crippen LogP contribution in [0.25, 0.3) is 0 Å². The number of nitrogens with zero attached hydrogens (tertiary/aromatic N) is 3. The second-order valence-electron chi connectivity index (χ2n) is 4.52. The number of carbonyl (C=O) groups excluding carboxylic acids is 1. The van der Waals surface area contributed by atoms with Crippen molar-refractivity contribution in [1.82, 2.24) is 15.2 Å². The van der Waals surface area contributed by atoms with Gasteiger partial charge in [-0.1, -0.05) is 11.8 Å². The van der Waals surface area contributed by atoms with Gasteiger partial charge in [-0.2, -0.15) is 0 Å². The van der Waals surface area contributed by atoms with Crippen molar-refractivity contribution in [3.63, 3.8) is 0 Å². The summed E-state index contributed by atoms with van der Waals surface area (Å²) < 4.78 is 5.03. The molecule has 0 saturated carbocycles. The molecular weight excluding hydrogens is 338 g/mol. The average Bonchev–Trinajstić information content (AvgIpc) is 2.56. The number of hydrogen-bond acceptors (Lipinski definition) is 8. The lowest BCUT2D eigenvalue weighted by molar-refractivity contribution is -0.384. The number of thioether (sulfide) groups is 1. The third kappa shape index (κ3) is 4.29. The van der Waals surface area contributed by atoms with Crippen LogP contribution in [0.2, 0.25) is 0 Å². The summed E-state index contributed by atoms with van der Waals surface area (Å²) in [5.41, 5.74) is 0.0216. The number of nitro benzene ring substituents is 1. The number of non-ortho nitro benzene ring substituents is 1. The Hall–Kier alpha value is -2.95. The number of nitro groups is 1. The predicted molar refractivity (Wildman–Crippen MR) is 86.4 cm³/mol. The van der Waals surface area contributed by atoms with E-state index in [1.165, 1.54) is 32.2 Å². The Morgan fingerprint density at radius 3 is 2.83 bits per heavy atom. The van der Waals surface area contributed by atoms with E-state index in [9.17, 15) is 19.7 Å². The molecule has 2 rings (SSSR count). The molecule has 0 fully saturated rings. The van der Waals surface area contributed by atoms with E-state index in [1.807, 2.05) is 0 Å². The maximum Gasteiger partial charge on any atom is 0.273 e. The van der Waals surface area contributed by atoms with E-state index in [-0.39, 0.29) is 33.6 Å². The number of aryl methyl sites for hydroxylation is 1. The molecule has 0 aliphatic carbocycles. The molecule has 1 heterocycles. The van der Waals surface area contributed by atoms with Crippen molar-refractivity contribution in [1.29, 1.82) is 0 Å². The lowest BCUT2D eigenvalue weighted by Crippen LogP contribution is -2.17. The molecule has 0 radical (unpaired) electrons. The number of ether oxygens (including phenoxy) is 1. The molecule has 2 N–H and O–H groups in total. The second kappa shape index (κ2) is 7.55. The van der Waals surface area contributed by atoms with Gasteiger partial charge >= 0.3 is 0 Å². The van der Waals surface area contributed by atoms with Gasteiger partial charge in [0.2, 0.25) is 5.91 Å². The number of rotatable bonds is 6. The molecule has 1 aromatic carbocycles. The smallest absolute Gasteiger partial charge is 0.273 e. The number of aromatic nitrogens is 3. The first kappa shape index (κ1) is 17.4. The molecule has 126 valence electrons. The van der Waals surface area contributed by atoms with Crippen molar-refractivity contribution >= 4 is 29.0 Å². The highest BCUT2D eigenvalue weighted by Gasteiger charge is 2.14. The zero-order chi connectivity index (χ0) is 17.7. The van der Waals surface area contributed by atoms with Crippen LogP contribution >= 0.6 is 11.8 Å². The van der Waals surface area contributed by atoms with Gasteiger partial charge in [0.15, 0.2) is 5.16 Å². The SMILES string of the molecule is COc1cc([N+](=O)[O-])ccc1NC(=O)CSc1nnc(C)c(=O)[nH]1. The van der Waals surface area contributed by atoms with Gasteiger partial charge in [-0.05, 0) is 13.0 Å². The van der Waals surface area contributed by atoms with E-state index in [4.69, 9.17) is 4.74 Å². The molecule has 0 unspecified atom stereocenters. The first-order chi connectivity index (χ1) is 11.4. The number of benzene rings is 1. The number of carbonyl (C=O) groups is 1. The summed E-state index contributed by atoms with van der Waals surface area (Å²) in [6.45, 7) is 1.52. The Morgan fingerprint density at radius 2 is 2.21 bits per heavy atom. The normalized spacial score (nSPS) is 10.2. The Morgan fingerprint density at radius 1 is 1.46 bits per heavy atom. The van der Waals surface area contributed by atoms with Crippen molar-refractivity contribution in [2.24, 2.45) is 0 Å². The zero-order valence-electron chi connectivity index (χ0n) is 12.7. The van der Waals surface area contributed by atoms with Gasteiger partial charge in [0.25, 0.3) is 11.2 Å². The number of anilines is 1. The highest BCUT2D eigenvalue weighted by molar-refractivity contribution is 7.99. The Balaban J connectivity index is 2.02. The summed E-state index contributed by atoms with van der Waals surface area (Å²) >= 11 is 1.00. The Labute approximate surface area is 139 Å². The van der Waals surface area contributed by atoms with Gasteiger partial charge in [0.05, 0.1) is 29.5 Å². The molecule has 0 saturated heterocycles. The minimum Gasteiger partial charge on any atom is -0.494 e. The molecule has 24 heavy (non-hydrogen) atoms. The summed E-state index contributed by atoms with van der Waals surface area (Å²) in [7, 11) is 1.34. The molecule has 1 aromatic heterocycles. The fourth-order valence-electron chi connectivity index (χ4n) is 1.66. The second-order valence-corrected chi connectivity index (χ2v) is 5.49. The Bertz CT molecular complexity index is 838. The van der Waals surface area contributed by atoms with Crippen LogP contribution < -0.4 is 15.6 Å². The van der Waals surface area contributed by atoms with Crippen LogP contribution in [-0.4, -0.2) is 38.9 Å². The number of amides is 1. The largest absolute Gasteiger partial charge is 0.494 e. The summed E-state index contributed by atoms with van der Waals surface area (Å²) in [6, 6.07) is 3.85. The molecule has 0 aliphatic rings. The number of aromatic amines is 1. The first-order valence-corrected chi connectivity index (χ1v) is 7.58. The standard InChI is InChI=1S/C13H13N5O5S/c1-7-12(20)15-13(17-16-7)24-6-11(19)14-9-4-3-8(18(21)22)5-10(9)23-2/h3-5H,6H2,1-2H3,(H,14,19)(H,15,17,20). The van der Waals surface area contributed by atoms with Crippen LogP contribution in [0.15, 0.2) is 28.2 Å². The first-order valence-electron chi connectivity index (χ1n) is 6.59. The highest BCUT2D eigenvalue weighted by atomic mass is 32.2. The molecule has 11 heteroatoms. The van der Waals surface area contributed by atoms with Gasteiger partial charge < -0.3 is 10.1 Å². The quantitative estimate of drug-likeness (QED) is 0.448. The summed E-state index contributed by atoms with van der Waals surface area (Å²) in [4.78, 5) is 36.0. The maximum absolute atomic E-state index is 12.0. The topological polar surface area (TPSA) is 140 Å². The van der Waals surface area contributed by atoms with Crippen LogP contribution in [-0.2, 0) is 4.79 Å². The number of methoxy groups -OCH3 is 1. The monoisotopic (exact) mass is 351 g/mol. The van der Waals surface area contributed by atoms with Gasteiger partial charge in [-0.25, -0.2) is 0 Å². The molecule has 0 aliphatic heterocycles. The third-order valence-electron chi connectivity index (χ3n) is 2.85. The lowest BCUT2D eigenvalue weighted by atomic mass is 10.2. The Kier molecular flexibility index (Phi) is 5.47. The van der Waals surface area contributed by atoms with E-state index in [0.717, 1.165) is 11.8 Å². The molecular formula is C13H13N5O5S. The number of nitrogens with one attached hydrogen (secondary N) is 2. The summed E-state index contributed by atoms with van der Waals surface area (Å²) in [6.07, 6.45) is 0. The van der Waals surface area contributed by atoms with Crippen molar-refractivity contribution < 1.29 is 14.5 Å². The average molecular weight is 351 g/mol. The van der Waals surface area contributed by atoms with E-state index in [1.54, 1.807) is 0 Å². The predicted octanol–water partition coefficient (Wildman–Crippen LogP) is 1.12. The van der Waals surface area contributed by atoms with Crippen molar-refractivity contribution in [2.45, 2.75) is 12.1 Å². The van der Waals surface area contributed by atoms with Crippen molar-refractivity contribution in [3.8, 4) is 5.75 Å². The van der Waals surface area contributed by atoms with Gasteiger partial charge in [0.1, 0.15) is 11.4 Å². The summed E-state index contributed by atoms with van der Waals surface area (Å²) in [5.74, 6) is -0.255. The molecule has 0 spiro atoms. The minimum atomic E-state index is -0.559.